The minimum absolute atomic E-state index is 0.149. The van der Waals surface area contributed by atoms with Gasteiger partial charge in [0, 0.05) is 24.0 Å². The zero-order valence-corrected chi connectivity index (χ0v) is 14.1. The van der Waals surface area contributed by atoms with Crippen molar-refractivity contribution in [3.8, 4) is 0 Å². The summed E-state index contributed by atoms with van der Waals surface area (Å²) in [4.78, 5) is 29.2. The third kappa shape index (κ3) is 4.66. The van der Waals surface area contributed by atoms with Gasteiger partial charge in [-0.2, -0.15) is 0 Å². The predicted octanol–water partition coefficient (Wildman–Crippen LogP) is 3.43. The number of benzene rings is 1. The number of nitrogens with zero attached hydrogens (tertiary/aromatic N) is 1. The summed E-state index contributed by atoms with van der Waals surface area (Å²) in [6.07, 6.45) is 7.57. The Labute approximate surface area is 147 Å². The van der Waals surface area contributed by atoms with E-state index in [4.69, 9.17) is 4.74 Å². The Morgan fingerprint density at radius 1 is 1.04 bits per heavy atom. The van der Waals surface area contributed by atoms with E-state index in [9.17, 15) is 9.59 Å². The molecule has 1 unspecified atom stereocenters. The lowest BCUT2D eigenvalue weighted by molar-refractivity contribution is -0.131. The predicted molar refractivity (Wildman–Crippen MR) is 93.9 cm³/mol. The first-order chi connectivity index (χ1) is 12.2. The summed E-state index contributed by atoms with van der Waals surface area (Å²) in [5, 5.41) is 3.03. The number of carbonyl (C=O) groups excluding carboxylic acids is 2. The SMILES string of the molecule is O=C(OC(C(=O)NC1CCCCC1)c1cccnc1)c1ccccc1. The van der Waals surface area contributed by atoms with Gasteiger partial charge < -0.3 is 10.1 Å². The second-order valence-corrected chi connectivity index (χ2v) is 6.28. The number of rotatable bonds is 5. The van der Waals surface area contributed by atoms with E-state index in [1.54, 1.807) is 48.8 Å². The highest BCUT2D eigenvalue weighted by Crippen LogP contribution is 2.22. The third-order valence-electron chi connectivity index (χ3n) is 4.41. The van der Waals surface area contributed by atoms with Crippen molar-refractivity contribution in [2.75, 3.05) is 0 Å². The number of ether oxygens (including phenoxy) is 1. The van der Waals surface area contributed by atoms with Gasteiger partial charge >= 0.3 is 5.97 Å². The molecule has 1 aliphatic carbocycles. The standard InChI is InChI=1S/C20H22N2O3/c23-19(22-17-11-5-2-6-12-17)18(16-10-7-13-21-14-16)25-20(24)15-8-3-1-4-9-15/h1,3-4,7-10,13-14,17-18H,2,5-6,11-12H2,(H,22,23). The summed E-state index contributed by atoms with van der Waals surface area (Å²) in [6, 6.07) is 12.3. The molecule has 1 aliphatic rings. The Morgan fingerprint density at radius 2 is 1.80 bits per heavy atom. The van der Waals surface area contributed by atoms with Crippen molar-refractivity contribution >= 4 is 11.9 Å². The minimum atomic E-state index is -0.997. The van der Waals surface area contributed by atoms with Crippen LogP contribution < -0.4 is 5.32 Å². The molecule has 1 fully saturated rings. The summed E-state index contributed by atoms with van der Waals surface area (Å²) in [7, 11) is 0. The summed E-state index contributed by atoms with van der Waals surface area (Å²) in [6.45, 7) is 0. The number of esters is 1. The molecule has 130 valence electrons. The second kappa shape index (κ2) is 8.42. The molecule has 0 bridgehead atoms. The van der Waals surface area contributed by atoms with Gasteiger partial charge in [0.1, 0.15) is 0 Å². The Balaban J connectivity index is 1.75. The Kier molecular flexibility index (Phi) is 5.77. The van der Waals surface area contributed by atoms with Crippen molar-refractivity contribution in [1.29, 1.82) is 0 Å². The molecule has 25 heavy (non-hydrogen) atoms. The Morgan fingerprint density at radius 3 is 2.48 bits per heavy atom. The molecule has 2 aromatic rings. The van der Waals surface area contributed by atoms with Gasteiger partial charge in [0.2, 0.25) is 6.10 Å². The van der Waals surface area contributed by atoms with Crippen LogP contribution in [0, 0.1) is 0 Å². The number of carbonyl (C=O) groups is 2. The molecule has 0 aliphatic heterocycles. The van der Waals surface area contributed by atoms with Gasteiger partial charge in [0.25, 0.3) is 5.91 Å². The van der Waals surface area contributed by atoms with Gasteiger partial charge in [0.15, 0.2) is 0 Å². The first-order valence-electron chi connectivity index (χ1n) is 8.70. The summed E-state index contributed by atoms with van der Waals surface area (Å²) in [5.74, 6) is -0.808. The van der Waals surface area contributed by atoms with Gasteiger partial charge in [-0.25, -0.2) is 4.79 Å². The van der Waals surface area contributed by atoms with Crippen molar-refractivity contribution in [2.45, 2.75) is 44.2 Å². The zero-order valence-electron chi connectivity index (χ0n) is 14.1. The number of amides is 1. The van der Waals surface area contributed by atoms with Crippen molar-refractivity contribution < 1.29 is 14.3 Å². The first kappa shape index (κ1) is 17.1. The van der Waals surface area contributed by atoms with Crippen LogP contribution in [0.1, 0.15) is 54.1 Å². The molecule has 3 rings (SSSR count). The molecule has 1 atom stereocenters. The van der Waals surface area contributed by atoms with Crippen LogP contribution in [0.25, 0.3) is 0 Å². The number of aromatic nitrogens is 1. The van der Waals surface area contributed by atoms with Gasteiger partial charge in [-0.3, -0.25) is 9.78 Å². The van der Waals surface area contributed by atoms with Crippen LogP contribution in [0.3, 0.4) is 0 Å². The number of hydrogen-bond donors (Lipinski definition) is 1. The average Bonchev–Trinajstić information content (AvgIpc) is 2.68. The van der Waals surface area contributed by atoms with Gasteiger partial charge in [-0.15, -0.1) is 0 Å². The lowest BCUT2D eigenvalue weighted by Crippen LogP contribution is -2.40. The van der Waals surface area contributed by atoms with Crippen molar-refractivity contribution in [1.82, 2.24) is 10.3 Å². The van der Waals surface area contributed by atoms with Gasteiger partial charge in [0.05, 0.1) is 5.56 Å². The topological polar surface area (TPSA) is 68.3 Å². The minimum Gasteiger partial charge on any atom is -0.444 e. The summed E-state index contributed by atoms with van der Waals surface area (Å²) in [5.41, 5.74) is 0.988. The fraction of sp³-hybridized carbons (Fsp3) is 0.350. The molecule has 1 saturated carbocycles. The molecule has 5 heteroatoms. The maximum Gasteiger partial charge on any atom is 0.339 e. The largest absolute Gasteiger partial charge is 0.444 e. The van der Waals surface area contributed by atoms with Crippen molar-refractivity contribution in [3.05, 3.63) is 66.0 Å². The zero-order chi connectivity index (χ0) is 17.5. The number of nitrogens with one attached hydrogen (secondary N) is 1. The van der Waals surface area contributed by atoms with Crippen LogP contribution in [0.2, 0.25) is 0 Å². The molecule has 0 spiro atoms. The highest BCUT2D eigenvalue weighted by Gasteiger charge is 2.28. The molecule has 1 N–H and O–H groups in total. The maximum atomic E-state index is 12.8. The molecule has 0 saturated heterocycles. The van der Waals surface area contributed by atoms with E-state index in [0.29, 0.717) is 11.1 Å². The fourth-order valence-electron chi connectivity index (χ4n) is 3.08. The molecular weight excluding hydrogens is 316 g/mol. The van der Waals surface area contributed by atoms with E-state index in [1.807, 2.05) is 6.07 Å². The normalized spacial score (nSPS) is 16.0. The second-order valence-electron chi connectivity index (χ2n) is 6.28. The monoisotopic (exact) mass is 338 g/mol. The molecule has 0 radical (unpaired) electrons. The summed E-state index contributed by atoms with van der Waals surface area (Å²) >= 11 is 0. The van der Waals surface area contributed by atoms with Crippen molar-refractivity contribution in [2.24, 2.45) is 0 Å². The smallest absolute Gasteiger partial charge is 0.339 e. The fourth-order valence-corrected chi connectivity index (χ4v) is 3.08. The van der Waals surface area contributed by atoms with Crippen LogP contribution >= 0.6 is 0 Å². The molecule has 1 amide bonds. The van der Waals surface area contributed by atoms with Gasteiger partial charge in [-0.05, 0) is 31.0 Å². The maximum absolute atomic E-state index is 12.8. The first-order valence-corrected chi connectivity index (χ1v) is 8.70. The van der Waals surface area contributed by atoms with Crippen LogP contribution in [0.4, 0.5) is 0 Å². The number of hydrogen-bond acceptors (Lipinski definition) is 4. The lowest BCUT2D eigenvalue weighted by Gasteiger charge is -2.25. The molecule has 1 aromatic carbocycles. The van der Waals surface area contributed by atoms with Crippen LogP contribution in [-0.2, 0) is 9.53 Å². The van der Waals surface area contributed by atoms with E-state index in [0.717, 1.165) is 25.7 Å². The Hall–Kier alpha value is -2.69. The molecular formula is C20H22N2O3. The molecule has 1 aromatic heterocycles. The molecule has 5 nitrogen and oxygen atoms in total. The van der Waals surface area contributed by atoms with E-state index in [2.05, 4.69) is 10.3 Å². The van der Waals surface area contributed by atoms with Crippen molar-refractivity contribution in [3.63, 3.8) is 0 Å². The lowest BCUT2D eigenvalue weighted by atomic mass is 9.95. The van der Waals surface area contributed by atoms with Gasteiger partial charge in [-0.1, -0.05) is 43.5 Å². The van der Waals surface area contributed by atoms with E-state index in [1.165, 1.54) is 6.42 Å². The average molecular weight is 338 g/mol. The van der Waals surface area contributed by atoms with Crippen LogP contribution in [0.5, 0.6) is 0 Å². The summed E-state index contributed by atoms with van der Waals surface area (Å²) < 4.78 is 5.53. The number of pyridine rings is 1. The van der Waals surface area contributed by atoms with Crippen LogP contribution in [-0.4, -0.2) is 22.9 Å². The quantitative estimate of drug-likeness (QED) is 0.848. The third-order valence-corrected chi connectivity index (χ3v) is 4.41. The van der Waals surface area contributed by atoms with E-state index >= 15 is 0 Å². The van der Waals surface area contributed by atoms with E-state index < -0.39 is 12.1 Å². The van der Waals surface area contributed by atoms with E-state index in [-0.39, 0.29) is 11.9 Å². The van der Waals surface area contributed by atoms with Crippen LogP contribution in [0.15, 0.2) is 54.9 Å². The molecule has 1 heterocycles. The highest BCUT2D eigenvalue weighted by molar-refractivity contribution is 5.92. The Bertz CT molecular complexity index is 697. The highest BCUT2D eigenvalue weighted by atomic mass is 16.5.